The van der Waals surface area contributed by atoms with Crippen LogP contribution in [0.1, 0.15) is 67.2 Å². The second-order valence-corrected chi connectivity index (χ2v) is 4.74. The molecule has 0 fully saturated rings. The van der Waals surface area contributed by atoms with Gasteiger partial charge in [-0.1, -0.05) is 60.8 Å². The minimum Gasteiger partial charge on any atom is -0.381 e. The van der Waals surface area contributed by atoms with E-state index < -0.39 is 0 Å². The summed E-state index contributed by atoms with van der Waals surface area (Å²) in [6.07, 6.45) is 4.98. The van der Waals surface area contributed by atoms with Crippen LogP contribution in [0.4, 0.5) is 0 Å². The van der Waals surface area contributed by atoms with E-state index in [4.69, 9.17) is 4.74 Å². The van der Waals surface area contributed by atoms with Gasteiger partial charge in [-0.2, -0.15) is 0 Å². The third-order valence-corrected chi connectivity index (χ3v) is 2.56. The van der Waals surface area contributed by atoms with Crippen molar-refractivity contribution in [3.8, 4) is 0 Å². The van der Waals surface area contributed by atoms with Gasteiger partial charge in [0.1, 0.15) is 0 Å². The Labute approximate surface area is 97.6 Å². The molecule has 94 valence electrons. The van der Waals surface area contributed by atoms with Crippen LogP contribution < -0.4 is 0 Å². The molecule has 0 aliphatic heterocycles. The number of hydrogen-bond acceptors (Lipinski definition) is 1. The lowest BCUT2D eigenvalue weighted by Gasteiger charge is -2.07. The molecule has 0 saturated heterocycles. The molecule has 1 heteroatoms. The van der Waals surface area contributed by atoms with E-state index in [9.17, 15) is 0 Å². The third-order valence-electron chi connectivity index (χ3n) is 2.56. The zero-order valence-electron chi connectivity index (χ0n) is 11.8. The van der Waals surface area contributed by atoms with Gasteiger partial charge < -0.3 is 4.74 Å². The average Bonchev–Trinajstić information content (AvgIpc) is 2.24. The fraction of sp³-hybridized carbons (Fsp3) is 1.00. The Balaban J connectivity index is 0. The van der Waals surface area contributed by atoms with E-state index in [1.54, 1.807) is 0 Å². The quantitative estimate of drug-likeness (QED) is 0.550. The number of ether oxygens (including phenoxy) is 1. The van der Waals surface area contributed by atoms with Crippen LogP contribution in [0.25, 0.3) is 0 Å². The predicted molar refractivity (Wildman–Crippen MR) is 70.3 cm³/mol. The largest absolute Gasteiger partial charge is 0.381 e. The second-order valence-electron chi connectivity index (χ2n) is 4.74. The molecule has 1 unspecified atom stereocenters. The molecule has 0 amide bonds. The minimum absolute atomic E-state index is 0.733. The summed E-state index contributed by atoms with van der Waals surface area (Å²) in [7, 11) is 0. The lowest BCUT2D eigenvalue weighted by Crippen LogP contribution is -2.05. The lowest BCUT2D eigenvalue weighted by molar-refractivity contribution is 0.101. The predicted octanol–water partition coefficient (Wildman–Crippen LogP) is 4.90. The Hall–Kier alpha value is -0.0400. The highest BCUT2D eigenvalue weighted by atomic mass is 16.5. The highest BCUT2D eigenvalue weighted by Gasteiger charge is 1.96. The van der Waals surface area contributed by atoms with Crippen molar-refractivity contribution < 1.29 is 4.74 Å². The molecule has 0 aromatic carbocycles. The molecule has 0 saturated carbocycles. The Morgan fingerprint density at radius 1 is 0.933 bits per heavy atom. The summed E-state index contributed by atoms with van der Waals surface area (Å²) in [5.74, 6) is 1.62. The van der Waals surface area contributed by atoms with Crippen LogP contribution in [0, 0.1) is 11.8 Å². The molecule has 0 heterocycles. The molecule has 0 spiro atoms. The van der Waals surface area contributed by atoms with Crippen LogP contribution in [0.3, 0.4) is 0 Å². The summed E-state index contributed by atoms with van der Waals surface area (Å²) in [6.45, 7) is 15.1. The monoisotopic (exact) mass is 216 g/mol. The van der Waals surface area contributed by atoms with Crippen molar-refractivity contribution in [1.29, 1.82) is 0 Å². The molecular weight excluding hydrogens is 184 g/mol. The molecule has 0 N–H and O–H groups in total. The maximum absolute atomic E-state index is 5.43. The van der Waals surface area contributed by atoms with E-state index in [1.807, 2.05) is 0 Å². The first-order chi connectivity index (χ1) is 7.08. The van der Waals surface area contributed by atoms with Crippen molar-refractivity contribution in [1.82, 2.24) is 0 Å². The van der Waals surface area contributed by atoms with Gasteiger partial charge in [-0.25, -0.2) is 0 Å². The molecule has 0 aromatic rings. The normalized spacial score (nSPS) is 12.2. The van der Waals surface area contributed by atoms with Gasteiger partial charge in [-0.15, -0.1) is 0 Å². The van der Waals surface area contributed by atoms with Gasteiger partial charge in [0.2, 0.25) is 0 Å². The minimum atomic E-state index is 0.733. The molecular formula is C14H32O. The maximum Gasteiger partial charge on any atom is 0.0491 e. The van der Waals surface area contributed by atoms with Crippen molar-refractivity contribution in [2.75, 3.05) is 13.2 Å². The second kappa shape index (κ2) is 14.0. The van der Waals surface area contributed by atoms with Gasteiger partial charge in [0.05, 0.1) is 0 Å². The molecule has 0 bridgehead atoms. The van der Waals surface area contributed by atoms with E-state index in [0.717, 1.165) is 25.0 Å². The van der Waals surface area contributed by atoms with Crippen LogP contribution in [0.5, 0.6) is 0 Å². The summed E-state index contributed by atoms with van der Waals surface area (Å²) >= 11 is 0. The molecule has 15 heavy (non-hydrogen) atoms. The summed E-state index contributed by atoms with van der Waals surface area (Å²) in [4.78, 5) is 0. The Bertz CT molecular complexity index is 99.5. The Morgan fingerprint density at radius 2 is 1.47 bits per heavy atom. The molecule has 0 rings (SSSR count). The topological polar surface area (TPSA) is 9.23 Å². The van der Waals surface area contributed by atoms with Crippen molar-refractivity contribution in [2.45, 2.75) is 67.2 Å². The van der Waals surface area contributed by atoms with Gasteiger partial charge in [-0.3, -0.25) is 0 Å². The fourth-order valence-electron chi connectivity index (χ4n) is 0.649. The number of unbranched alkanes of at least 4 members (excludes halogenated alkanes) is 1. The van der Waals surface area contributed by atoms with E-state index >= 15 is 0 Å². The van der Waals surface area contributed by atoms with Crippen LogP contribution >= 0.6 is 0 Å². The van der Waals surface area contributed by atoms with Crippen LogP contribution in [0.15, 0.2) is 0 Å². The maximum atomic E-state index is 5.43. The Morgan fingerprint density at radius 3 is 1.80 bits per heavy atom. The summed E-state index contributed by atoms with van der Waals surface area (Å²) in [5, 5.41) is 0. The molecule has 0 aromatic heterocycles. The van der Waals surface area contributed by atoms with Crippen LogP contribution in [-0.4, -0.2) is 13.2 Å². The molecule has 0 aliphatic carbocycles. The lowest BCUT2D eigenvalue weighted by atomic mass is 10.1. The first kappa shape index (κ1) is 17.4. The zero-order valence-corrected chi connectivity index (χ0v) is 11.8. The van der Waals surface area contributed by atoms with Gasteiger partial charge in [0, 0.05) is 13.2 Å². The van der Waals surface area contributed by atoms with Gasteiger partial charge >= 0.3 is 0 Å². The van der Waals surface area contributed by atoms with Crippen molar-refractivity contribution in [2.24, 2.45) is 11.8 Å². The third kappa shape index (κ3) is 20.1. The van der Waals surface area contributed by atoms with Gasteiger partial charge in [0.15, 0.2) is 0 Å². The van der Waals surface area contributed by atoms with Crippen LogP contribution in [-0.2, 0) is 4.74 Å². The van der Waals surface area contributed by atoms with E-state index in [1.165, 1.54) is 25.7 Å². The number of hydrogen-bond donors (Lipinski definition) is 0. The standard InChI is InChI=1S/C9H20O.C5H12/c1-4-6-7-10-8-9(3)5-2;1-4-5(2)3/h9H,4-8H2,1-3H3;5H,4H2,1-3H3. The van der Waals surface area contributed by atoms with Crippen LogP contribution in [0.2, 0.25) is 0 Å². The van der Waals surface area contributed by atoms with E-state index in [2.05, 4.69) is 41.5 Å². The van der Waals surface area contributed by atoms with Crippen molar-refractivity contribution in [3.05, 3.63) is 0 Å². The van der Waals surface area contributed by atoms with E-state index in [0.29, 0.717) is 0 Å². The highest BCUT2D eigenvalue weighted by Crippen LogP contribution is 2.00. The SMILES string of the molecule is CCC(C)C.CCCCOCC(C)CC. The molecule has 1 nitrogen and oxygen atoms in total. The van der Waals surface area contributed by atoms with E-state index in [-0.39, 0.29) is 0 Å². The fourth-order valence-corrected chi connectivity index (χ4v) is 0.649. The molecule has 0 aliphatic rings. The zero-order chi connectivity index (χ0) is 12.1. The smallest absolute Gasteiger partial charge is 0.0491 e. The summed E-state index contributed by atoms with van der Waals surface area (Å²) in [6, 6.07) is 0. The number of rotatable bonds is 7. The Kier molecular flexibility index (Phi) is 16.2. The summed E-state index contributed by atoms with van der Waals surface area (Å²) in [5.41, 5.74) is 0. The highest BCUT2D eigenvalue weighted by molar-refractivity contribution is 4.45. The summed E-state index contributed by atoms with van der Waals surface area (Å²) < 4.78 is 5.43. The average molecular weight is 216 g/mol. The van der Waals surface area contributed by atoms with Crippen molar-refractivity contribution >= 4 is 0 Å². The molecule has 0 radical (unpaired) electrons. The first-order valence-corrected chi connectivity index (χ1v) is 6.66. The van der Waals surface area contributed by atoms with Gasteiger partial charge in [-0.05, 0) is 18.3 Å². The van der Waals surface area contributed by atoms with Crippen molar-refractivity contribution in [3.63, 3.8) is 0 Å². The molecule has 1 atom stereocenters. The van der Waals surface area contributed by atoms with Gasteiger partial charge in [0.25, 0.3) is 0 Å². The first-order valence-electron chi connectivity index (χ1n) is 6.66.